The zero-order valence-corrected chi connectivity index (χ0v) is 19.8. The number of amides is 1. The van der Waals surface area contributed by atoms with Crippen LogP contribution < -0.4 is 20.7 Å². The lowest BCUT2D eigenvalue weighted by atomic mass is 10.1. The molecule has 1 amide bonds. The number of halogens is 1. The standard InChI is InChI=1S/C21H33N5O2.HI/c1-22-21(24-11-10-23-20(27)16-8-9-16)25-15-19(26-12-3-4-13-26)17-6-5-7-18(14-17)28-2;/h5-7,14,16,19H,3-4,8-13,15H2,1-2H3,(H,23,27)(H2,22,24,25);1H. The molecule has 1 aliphatic heterocycles. The Hall–Kier alpha value is -1.55. The Kier molecular flexibility index (Phi) is 9.99. The quantitative estimate of drug-likeness (QED) is 0.203. The molecule has 7 nitrogen and oxygen atoms in total. The van der Waals surface area contributed by atoms with Crippen molar-refractivity contribution in [2.75, 3.05) is 46.9 Å². The third-order valence-corrected chi connectivity index (χ3v) is 5.41. The highest BCUT2D eigenvalue weighted by Crippen LogP contribution is 2.28. The van der Waals surface area contributed by atoms with Gasteiger partial charge in [0, 0.05) is 32.6 Å². The van der Waals surface area contributed by atoms with Crippen LogP contribution in [-0.2, 0) is 4.79 Å². The maximum Gasteiger partial charge on any atom is 0.223 e. The molecule has 1 atom stereocenters. The number of methoxy groups -OCH3 is 1. The number of nitrogens with one attached hydrogen (secondary N) is 3. The molecule has 1 aromatic carbocycles. The van der Waals surface area contributed by atoms with E-state index in [-0.39, 0.29) is 41.8 Å². The number of hydrogen-bond donors (Lipinski definition) is 3. The van der Waals surface area contributed by atoms with Crippen molar-refractivity contribution in [3.8, 4) is 5.75 Å². The minimum atomic E-state index is 0. The molecular formula is C21H34IN5O2. The summed E-state index contributed by atoms with van der Waals surface area (Å²) in [5, 5.41) is 9.70. The van der Waals surface area contributed by atoms with Crippen molar-refractivity contribution in [2.45, 2.75) is 31.7 Å². The SMILES string of the molecule is CN=C(NCCNC(=O)C1CC1)NCC(c1cccc(OC)c1)N1CCCC1.I. The van der Waals surface area contributed by atoms with Crippen LogP contribution in [0.2, 0.25) is 0 Å². The van der Waals surface area contributed by atoms with Crippen LogP contribution in [0.5, 0.6) is 5.75 Å². The van der Waals surface area contributed by atoms with Gasteiger partial charge in [0.25, 0.3) is 0 Å². The van der Waals surface area contributed by atoms with Crippen LogP contribution >= 0.6 is 24.0 Å². The van der Waals surface area contributed by atoms with Crippen molar-refractivity contribution in [1.82, 2.24) is 20.9 Å². The van der Waals surface area contributed by atoms with Gasteiger partial charge in [-0.15, -0.1) is 24.0 Å². The molecule has 1 saturated carbocycles. The molecule has 8 heteroatoms. The molecule has 3 rings (SSSR count). The minimum Gasteiger partial charge on any atom is -0.497 e. The van der Waals surface area contributed by atoms with Crippen molar-refractivity contribution in [2.24, 2.45) is 10.9 Å². The van der Waals surface area contributed by atoms with Gasteiger partial charge in [-0.2, -0.15) is 0 Å². The first-order valence-electron chi connectivity index (χ1n) is 10.3. The zero-order valence-electron chi connectivity index (χ0n) is 17.4. The third-order valence-electron chi connectivity index (χ3n) is 5.41. The first-order valence-corrected chi connectivity index (χ1v) is 10.3. The predicted octanol–water partition coefficient (Wildman–Crippen LogP) is 2.14. The second-order valence-corrected chi connectivity index (χ2v) is 7.48. The highest BCUT2D eigenvalue weighted by Gasteiger charge is 2.29. The fraction of sp³-hybridized carbons (Fsp3) is 0.619. The van der Waals surface area contributed by atoms with E-state index in [9.17, 15) is 4.79 Å². The largest absolute Gasteiger partial charge is 0.497 e. The van der Waals surface area contributed by atoms with Crippen LogP contribution in [0.15, 0.2) is 29.3 Å². The summed E-state index contributed by atoms with van der Waals surface area (Å²) < 4.78 is 5.41. The Bertz CT molecular complexity index is 675. The first-order chi connectivity index (χ1) is 13.7. The molecule has 1 saturated heterocycles. The number of ether oxygens (including phenoxy) is 1. The molecule has 3 N–H and O–H groups in total. The van der Waals surface area contributed by atoms with Crippen molar-refractivity contribution in [3.05, 3.63) is 29.8 Å². The van der Waals surface area contributed by atoms with E-state index in [1.54, 1.807) is 14.2 Å². The van der Waals surface area contributed by atoms with Gasteiger partial charge in [0.1, 0.15) is 5.75 Å². The Labute approximate surface area is 191 Å². The maximum absolute atomic E-state index is 11.7. The fourth-order valence-electron chi connectivity index (χ4n) is 3.63. The summed E-state index contributed by atoms with van der Waals surface area (Å²) in [4.78, 5) is 18.5. The second-order valence-electron chi connectivity index (χ2n) is 7.48. The van der Waals surface area contributed by atoms with E-state index in [2.05, 4.69) is 38.0 Å². The lowest BCUT2D eigenvalue weighted by molar-refractivity contribution is -0.122. The number of benzene rings is 1. The molecule has 1 aliphatic carbocycles. The number of likely N-dealkylation sites (tertiary alicyclic amines) is 1. The van der Waals surface area contributed by atoms with Crippen LogP contribution in [0.3, 0.4) is 0 Å². The van der Waals surface area contributed by atoms with E-state index in [0.717, 1.165) is 44.2 Å². The summed E-state index contributed by atoms with van der Waals surface area (Å²) in [6, 6.07) is 8.58. The Morgan fingerprint density at radius 1 is 1.21 bits per heavy atom. The Morgan fingerprint density at radius 2 is 1.93 bits per heavy atom. The van der Waals surface area contributed by atoms with E-state index in [0.29, 0.717) is 13.1 Å². The van der Waals surface area contributed by atoms with Crippen LogP contribution in [-0.4, -0.2) is 63.6 Å². The highest BCUT2D eigenvalue weighted by molar-refractivity contribution is 14.0. The van der Waals surface area contributed by atoms with Crippen molar-refractivity contribution in [1.29, 1.82) is 0 Å². The zero-order chi connectivity index (χ0) is 19.8. The predicted molar refractivity (Wildman–Crippen MR) is 127 cm³/mol. The number of carbonyl (C=O) groups is 1. The van der Waals surface area contributed by atoms with E-state index in [4.69, 9.17) is 4.74 Å². The molecule has 1 aromatic rings. The summed E-state index contributed by atoms with van der Waals surface area (Å²) in [5.74, 6) is 2.07. The lowest BCUT2D eigenvalue weighted by Gasteiger charge is -2.29. The monoisotopic (exact) mass is 515 g/mol. The summed E-state index contributed by atoms with van der Waals surface area (Å²) in [6.45, 7) is 4.26. The number of carbonyl (C=O) groups excluding carboxylic acids is 1. The Morgan fingerprint density at radius 3 is 2.59 bits per heavy atom. The van der Waals surface area contributed by atoms with Crippen molar-refractivity contribution >= 4 is 35.8 Å². The molecule has 2 fully saturated rings. The van der Waals surface area contributed by atoms with Gasteiger partial charge in [0.15, 0.2) is 5.96 Å². The molecule has 0 aromatic heterocycles. The normalized spacial score (nSPS) is 17.9. The molecule has 0 bridgehead atoms. The minimum absolute atomic E-state index is 0. The molecule has 29 heavy (non-hydrogen) atoms. The van der Waals surface area contributed by atoms with E-state index < -0.39 is 0 Å². The summed E-state index contributed by atoms with van der Waals surface area (Å²) in [5.41, 5.74) is 1.25. The van der Waals surface area contributed by atoms with Crippen LogP contribution in [0.25, 0.3) is 0 Å². The van der Waals surface area contributed by atoms with Gasteiger partial charge in [0.2, 0.25) is 5.91 Å². The fourth-order valence-corrected chi connectivity index (χ4v) is 3.63. The summed E-state index contributed by atoms with van der Waals surface area (Å²) in [6.07, 6.45) is 4.55. The number of guanidine groups is 1. The van der Waals surface area contributed by atoms with Gasteiger partial charge >= 0.3 is 0 Å². The van der Waals surface area contributed by atoms with Gasteiger partial charge in [-0.05, 0) is 56.5 Å². The molecule has 162 valence electrons. The highest BCUT2D eigenvalue weighted by atomic mass is 127. The number of rotatable bonds is 9. The average molecular weight is 515 g/mol. The third kappa shape index (κ3) is 7.33. The van der Waals surface area contributed by atoms with Gasteiger partial charge in [0.05, 0.1) is 13.2 Å². The van der Waals surface area contributed by atoms with E-state index in [1.165, 1.54) is 18.4 Å². The van der Waals surface area contributed by atoms with E-state index in [1.807, 2.05) is 12.1 Å². The Balaban J connectivity index is 0.00000300. The lowest BCUT2D eigenvalue weighted by Crippen LogP contribution is -2.45. The number of hydrogen-bond acceptors (Lipinski definition) is 4. The molecule has 1 unspecified atom stereocenters. The maximum atomic E-state index is 11.7. The second kappa shape index (κ2) is 12.2. The first kappa shape index (κ1) is 23.7. The number of nitrogens with zero attached hydrogens (tertiary/aromatic N) is 2. The summed E-state index contributed by atoms with van der Waals surface area (Å²) in [7, 11) is 3.48. The van der Waals surface area contributed by atoms with Crippen LogP contribution in [0.1, 0.15) is 37.3 Å². The average Bonchev–Trinajstić information content (AvgIpc) is 3.45. The molecule has 1 heterocycles. The van der Waals surface area contributed by atoms with Gasteiger partial charge in [-0.25, -0.2) is 0 Å². The van der Waals surface area contributed by atoms with Gasteiger partial charge < -0.3 is 20.7 Å². The molecule has 2 aliphatic rings. The van der Waals surface area contributed by atoms with Crippen molar-refractivity contribution < 1.29 is 9.53 Å². The molecule has 0 spiro atoms. The van der Waals surface area contributed by atoms with Crippen LogP contribution in [0, 0.1) is 5.92 Å². The summed E-state index contributed by atoms with van der Waals surface area (Å²) >= 11 is 0. The smallest absolute Gasteiger partial charge is 0.223 e. The van der Waals surface area contributed by atoms with Gasteiger partial charge in [-0.1, -0.05) is 12.1 Å². The van der Waals surface area contributed by atoms with E-state index >= 15 is 0 Å². The molecular weight excluding hydrogens is 481 g/mol. The van der Waals surface area contributed by atoms with Crippen molar-refractivity contribution in [3.63, 3.8) is 0 Å². The van der Waals surface area contributed by atoms with Crippen LogP contribution in [0.4, 0.5) is 0 Å². The molecule has 0 radical (unpaired) electrons. The number of aliphatic imine (C=N–C) groups is 1. The van der Waals surface area contributed by atoms with Gasteiger partial charge in [-0.3, -0.25) is 14.7 Å². The topological polar surface area (TPSA) is 78.0 Å².